The highest BCUT2D eigenvalue weighted by atomic mass is 19.4. The molecular formula is C25H31F3N6O5. The second-order valence-corrected chi connectivity index (χ2v) is 9.65. The van der Waals surface area contributed by atoms with Crippen LogP contribution in [0.3, 0.4) is 0 Å². The number of carbonyl (C=O) groups is 3. The second-order valence-electron chi connectivity index (χ2n) is 9.65. The van der Waals surface area contributed by atoms with Gasteiger partial charge in [0.1, 0.15) is 5.75 Å². The van der Waals surface area contributed by atoms with Gasteiger partial charge in [-0.05, 0) is 18.1 Å². The fourth-order valence-electron chi connectivity index (χ4n) is 4.37. The molecule has 2 aliphatic heterocycles. The molecule has 1 aromatic carbocycles. The number of benzene rings is 1. The van der Waals surface area contributed by atoms with E-state index in [1.807, 2.05) is 6.20 Å². The maximum absolute atomic E-state index is 13.3. The van der Waals surface area contributed by atoms with Crippen LogP contribution in [0.2, 0.25) is 0 Å². The Balaban J connectivity index is 1.43. The molecule has 2 aliphatic rings. The van der Waals surface area contributed by atoms with E-state index in [0.29, 0.717) is 29.4 Å². The smallest absolute Gasteiger partial charge is 0.391 e. The Morgan fingerprint density at radius 1 is 1.23 bits per heavy atom. The quantitative estimate of drug-likeness (QED) is 0.400. The first kappa shape index (κ1) is 28.0. The van der Waals surface area contributed by atoms with Gasteiger partial charge in [0.05, 0.1) is 37.4 Å². The van der Waals surface area contributed by atoms with E-state index in [-0.39, 0.29) is 13.0 Å². The molecule has 0 aliphatic carbocycles. The van der Waals surface area contributed by atoms with Crippen LogP contribution in [-0.4, -0.2) is 84.8 Å². The van der Waals surface area contributed by atoms with Crippen molar-refractivity contribution in [2.24, 2.45) is 5.92 Å². The van der Waals surface area contributed by atoms with Gasteiger partial charge in [0.2, 0.25) is 5.95 Å². The Kier molecular flexibility index (Phi) is 8.51. The highest BCUT2D eigenvalue weighted by molar-refractivity contribution is 5.93. The molecule has 0 saturated heterocycles. The van der Waals surface area contributed by atoms with E-state index in [1.165, 1.54) is 19.0 Å². The molecule has 212 valence electrons. The van der Waals surface area contributed by atoms with Crippen molar-refractivity contribution in [2.75, 3.05) is 56.5 Å². The van der Waals surface area contributed by atoms with Crippen LogP contribution >= 0.6 is 0 Å². The SMILES string of the molecule is CN(C)C(=O)COC(=O)CC1Cc2ccc(OCCc3cn4c(n3)NCCN4)cc2NC(CC(F)(F)F)C1=O. The van der Waals surface area contributed by atoms with Crippen molar-refractivity contribution in [3.63, 3.8) is 0 Å². The first-order valence-corrected chi connectivity index (χ1v) is 12.5. The molecule has 0 fully saturated rings. The number of Topliss-reactive ketones (excluding diaryl/α,β-unsaturated/α-hetero) is 1. The lowest BCUT2D eigenvalue weighted by Crippen LogP contribution is -2.38. The fraction of sp³-hybridized carbons (Fsp3) is 0.520. The largest absolute Gasteiger partial charge is 0.493 e. The van der Waals surface area contributed by atoms with Crippen LogP contribution in [0.15, 0.2) is 24.4 Å². The summed E-state index contributed by atoms with van der Waals surface area (Å²) in [6, 6.07) is 3.31. The maximum atomic E-state index is 13.3. The predicted octanol–water partition coefficient (Wildman–Crippen LogP) is 1.97. The van der Waals surface area contributed by atoms with Gasteiger partial charge in [-0.25, -0.2) is 9.66 Å². The monoisotopic (exact) mass is 552 g/mol. The third kappa shape index (κ3) is 7.54. The van der Waals surface area contributed by atoms with Crippen LogP contribution in [0.25, 0.3) is 0 Å². The number of hydrogen-bond donors (Lipinski definition) is 3. The Bertz CT molecular complexity index is 1190. The summed E-state index contributed by atoms with van der Waals surface area (Å²) in [4.78, 5) is 42.8. The van der Waals surface area contributed by atoms with E-state index < -0.39 is 55.2 Å². The zero-order chi connectivity index (χ0) is 28.2. The number of rotatable bonds is 9. The molecule has 3 heterocycles. The van der Waals surface area contributed by atoms with E-state index in [0.717, 1.165) is 18.8 Å². The number of ketones is 1. The third-order valence-electron chi connectivity index (χ3n) is 6.40. The minimum Gasteiger partial charge on any atom is -0.493 e. The Morgan fingerprint density at radius 3 is 2.74 bits per heavy atom. The summed E-state index contributed by atoms with van der Waals surface area (Å²) in [7, 11) is 2.99. The van der Waals surface area contributed by atoms with Gasteiger partial charge in [-0.2, -0.15) is 13.2 Å². The van der Waals surface area contributed by atoms with Gasteiger partial charge in [0.25, 0.3) is 5.91 Å². The number of fused-ring (bicyclic) bond motifs is 2. The summed E-state index contributed by atoms with van der Waals surface area (Å²) in [6.45, 7) is 1.31. The number of nitrogens with one attached hydrogen (secondary N) is 3. The summed E-state index contributed by atoms with van der Waals surface area (Å²) < 4.78 is 52.5. The van der Waals surface area contributed by atoms with Gasteiger partial charge >= 0.3 is 12.1 Å². The lowest BCUT2D eigenvalue weighted by Gasteiger charge is -2.21. The second kappa shape index (κ2) is 11.8. The number of anilines is 2. The number of alkyl halides is 3. The van der Waals surface area contributed by atoms with Crippen molar-refractivity contribution in [3.05, 3.63) is 35.7 Å². The Morgan fingerprint density at radius 2 is 2.03 bits per heavy atom. The number of nitrogens with zero attached hydrogens (tertiary/aromatic N) is 3. The number of esters is 1. The zero-order valence-electron chi connectivity index (χ0n) is 21.6. The number of carbonyl (C=O) groups excluding carboxylic acids is 3. The van der Waals surface area contributed by atoms with Crippen LogP contribution in [0.1, 0.15) is 24.1 Å². The van der Waals surface area contributed by atoms with Crippen LogP contribution in [0, 0.1) is 5.92 Å². The molecule has 2 aromatic rings. The van der Waals surface area contributed by atoms with E-state index >= 15 is 0 Å². The lowest BCUT2D eigenvalue weighted by atomic mass is 9.89. The number of likely N-dealkylation sites (N-methyl/N-ethyl adjacent to an activating group) is 1. The van der Waals surface area contributed by atoms with Gasteiger partial charge in [-0.3, -0.25) is 14.4 Å². The van der Waals surface area contributed by atoms with Crippen LogP contribution in [0.5, 0.6) is 5.75 Å². The van der Waals surface area contributed by atoms with Gasteiger partial charge in [0.15, 0.2) is 12.4 Å². The minimum atomic E-state index is -4.61. The first-order chi connectivity index (χ1) is 18.5. The average Bonchev–Trinajstić information content (AvgIpc) is 3.24. The molecular weight excluding hydrogens is 521 g/mol. The van der Waals surface area contributed by atoms with Crippen molar-refractivity contribution in [2.45, 2.75) is 37.9 Å². The molecule has 2 unspecified atom stereocenters. The van der Waals surface area contributed by atoms with Crippen LogP contribution in [-0.2, 0) is 32.0 Å². The highest BCUT2D eigenvalue weighted by Crippen LogP contribution is 2.34. The van der Waals surface area contributed by atoms with Crippen molar-refractivity contribution in [1.82, 2.24) is 14.6 Å². The highest BCUT2D eigenvalue weighted by Gasteiger charge is 2.40. The molecule has 1 amide bonds. The number of ether oxygens (including phenoxy) is 2. The molecule has 4 rings (SSSR count). The molecule has 1 aromatic heterocycles. The summed E-state index contributed by atoms with van der Waals surface area (Å²) >= 11 is 0. The zero-order valence-corrected chi connectivity index (χ0v) is 21.6. The van der Waals surface area contributed by atoms with Crippen molar-refractivity contribution < 1.29 is 37.0 Å². The van der Waals surface area contributed by atoms with E-state index in [4.69, 9.17) is 9.47 Å². The summed E-state index contributed by atoms with van der Waals surface area (Å²) in [5.41, 5.74) is 4.88. The average molecular weight is 553 g/mol. The van der Waals surface area contributed by atoms with E-state index in [1.54, 1.807) is 22.9 Å². The van der Waals surface area contributed by atoms with Gasteiger partial charge < -0.3 is 30.4 Å². The number of hydrogen-bond acceptors (Lipinski definition) is 9. The summed E-state index contributed by atoms with van der Waals surface area (Å²) in [6.07, 6.45) is -4.04. The van der Waals surface area contributed by atoms with Crippen molar-refractivity contribution in [1.29, 1.82) is 0 Å². The molecule has 3 N–H and O–H groups in total. The van der Waals surface area contributed by atoms with Crippen LogP contribution < -0.4 is 20.8 Å². The number of imidazole rings is 1. The molecule has 0 saturated carbocycles. The minimum absolute atomic E-state index is 0.0345. The van der Waals surface area contributed by atoms with Crippen molar-refractivity contribution >= 4 is 29.3 Å². The van der Waals surface area contributed by atoms with Gasteiger partial charge in [0, 0.05) is 51.3 Å². The number of halogens is 3. The molecule has 0 radical (unpaired) electrons. The Hall–Kier alpha value is -3.97. The molecule has 39 heavy (non-hydrogen) atoms. The van der Waals surface area contributed by atoms with Crippen LogP contribution in [0.4, 0.5) is 24.8 Å². The van der Waals surface area contributed by atoms with E-state index in [9.17, 15) is 27.6 Å². The molecule has 14 heteroatoms. The normalized spacial score (nSPS) is 18.4. The maximum Gasteiger partial charge on any atom is 0.391 e. The predicted molar refractivity (Wildman–Crippen MR) is 135 cm³/mol. The lowest BCUT2D eigenvalue weighted by molar-refractivity contribution is -0.154. The fourth-order valence-corrected chi connectivity index (χ4v) is 4.37. The molecule has 2 atom stereocenters. The molecule has 0 bridgehead atoms. The topological polar surface area (TPSA) is 127 Å². The molecule has 11 nitrogen and oxygen atoms in total. The first-order valence-electron chi connectivity index (χ1n) is 12.5. The standard InChI is InChI=1S/C25H31F3N6O5/c1-33(2)21(35)14-39-22(36)10-16-9-15-3-4-18(11-19(15)32-20(23(16)37)12-25(26,27)28)38-8-5-17-13-34-24(31-17)29-6-7-30-34/h3-4,11,13,16,20,30,32H,5-10,12,14H2,1-2H3,(H,29,31). The van der Waals surface area contributed by atoms with E-state index in [2.05, 4.69) is 21.0 Å². The number of aromatic nitrogens is 2. The van der Waals surface area contributed by atoms with Gasteiger partial charge in [-0.1, -0.05) is 6.07 Å². The number of amides is 1. The molecule has 0 spiro atoms. The van der Waals surface area contributed by atoms with Crippen molar-refractivity contribution in [3.8, 4) is 5.75 Å². The summed E-state index contributed by atoms with van der Waals surface area (Å²) in [5.74, 6) is -1.94. The summed E-state index contributed by atoms with van der Waals surface area (Å²) in [5, 5.41) is 5.89. The van der Waals surface area contributed by atoms with Gasteiger partial charge in [-0.15, -0.1) is 0 Å². The Labute approximate surface area is 223 Å². The third-order valence-corrected chi connectivity index (χ3v) is 6.40.